The zero-order valence-corrected chi connectivity index (χ0v) is 11.9. The number of amides is 1. The highest BCUT2D eigenvalue weighted by Crippen LogP contribution is 2.22. The molecule has 0 unspecified atom stereocenters. The number of benzene rings is 1. The molecule has 18 heavy (non-hydrogen) atoms. The average molecular weight is 270 g/mol. The molecule has 0 aliphatic heterocycles. The Balaban J connectivity index is 2.55. The van der Waals surface area contributed by atoms with Crippen LogP contribution in [0.3, 0.4) is 0 Å². The monoisotopic (exact) mass is 269 g/mol. The van der Waals surface area contributed by atoms with Gasteiger partial charge in [-0.3, -0.25) is 4.79 Å². The second-order valence-corrected chi connectivity index (χ2v) is 5.10. The predicted molar refractivity (Wildman–Crippen MR) is 74.2 cm³/mol. The van der Waals surface area contributed by atoms with Gasteiger partial charge in [-0.15, -0.1) is 0 Å². The Bertz CT molecular complexity index is 405. The second-order valence-electron chi connectivity index (χ2n) is 4.67. The van der Waals surface area contributed by atoms with E-state index in [1.807, 2.05) is 0 Å². The van der Waals surface area contributed by atoms with Gasteiger partial charge in [-0.2, -0.15) is 0 Å². The first kappa shape index (κ1) is 14.8. The van der Waals surface area contributed by atoms with Gasteiger partial charge in [-0.05, 0) is 30.5 Å². The highest BCUT2D eigenvalue weighted by atomic mass is 35.5. The molecule has 1 amide bonds. The Morgan fingerprint density at radius 1 is 1.44 bits per heavy atom. The van der Waals surface area contributed by atoms with E-state index < -0.39 is 0 Å². The molecular weight excluding hydrogens is 250 g/mol. The number of ether oxygens (including phenoxy) is 1. The molecule has 1 rings (SSSR count). The minimum absolute atomic E-state index is 0.00350. The quantitative estimate of drug-likeness (QED) is 0.862. The van der Waals surface area contributed by atoms with Crippen molar-refractivity contribution in [3.8, 4) is 5.75 Å². The lowest BCUT2D eigenvalue weighted by atomic mass is 10.1. The van der Waals surface area contributed by atoms with Gasteiger partial charge in [0.15, 0.2) is 0 Å². The maximum Gasteiger partial charge on any atom is 0.224 e. The molecular formula is C14H20ClNO2. The molecule has 0 atom stereocenters. The van der Waals surface area contributed by atoms with E-state index in [0.717, 1.165) is 12.0 Å². The highest BCUT2D eigenvalue weighted by molar-refractivity contribution is 6.30. The van der Waals surface area contributed by atoms with E-state index >= 15 is 0 Å². The number of hydrogen-bond donors (Lipinski definition) is 1. The van der Waals surface area contributed by atoms with Crippen LogP contribution in [0.25, 0.3) is 0 Å². The molecule has 0 radical (unpaired) electrons. The second kappa shape index (κ2) is 7.27. The number of hydrogen-bond acceptors (Lipinski definition) is 2. The van der Waals surface area contributed by atoms with Crippen molar-refractivity contribution in [2.45, 2.75) is 26.7 Å². The largest absolute Gasteiger partial charge is 0.496 e. The summed E-state index contributed by atoms with van der Waals surface area (Å²) in [5.74, 6) is 1.28. The summed E-state index contributed by atoms with van der Waals surface area (Å²) in [5, 5.41) is 3.51. The zero-order valence-electron chi connectivity index (χ0n) is 11.1. The molecule has 1 N–H and O–H groups in total. The predicted octanol–water partition coefficient (Wildman–Crippen LogP) is 3.05. The Hall–Kier alpha value is -1.22. The SMILES string of the molecule is COc1ccc(Cl)cc1CC(=O)NCCC(C)C. The fourth-order valence-corrected chi connectivity index (χ4v) is 1.82. The first-order valence-electron chi connectivity index (χ1n) is 6.12. The molecule has 1 aromatic rings. The van der Waals surface area contributed by atoms with E-state index in [1.165, 1.54) is 0 Å². The summed E-state index contributed by atoms with van der Waals surface area (Å²) in [6, 6.07) is 5.29. The lowest BCUT2D eigenvalue weighted by Gasteiger charge is -2.10. The fourth-order valence-electron chi connectivity index (χ4n) is 1.62. The van der Waals surface area contributed by atoms with Gasteiger partial charge in [-0.1, -0.05) is 25.4 Å². The molecule has 1 aromatic carbocycles. The molecule has 4 heteroatoms. The number of carbonyl (C=O) groups is 1. The summed E-state index contributed by atoms with van der Waals surface area (Å²) in [4.78, 5) is 11.8. The molecule has 0 heterocycles. The van der Waals surface area contributed by atoms with E-state index in [1.54, 1.807) is 25.3 Å². The van der Waals surface area contributed by atoms with Crippen LogP contribution in [0.1, 0.15) is 25.8 Å². The number of rotatable bonds is 6. The Kier molecular flexibility index (Phi) is 5.99. The molecule has 0 saturated heterocycles. The van der Waals surface area contributed by atoms with Crippen molar-refractivity contribution in [1.29, 1.82) is 0 Å². The Morgan fingerprint density at radius 3 is 2.78 bits per heavy atom. The van der Waals surface area contributed by atoms with Crippen molar-refractivity contribution in [3.63, 3.8) is 0 Å². The van der Waals surface area contributed by atoms with Crippen molar-refractivity contribution in [2.24, 2.45) is 5.92 Å². The van der Waals surface area contributed by atoms with Crippen molar-refractivity contribution < 1.29 is 9.53 Å². The molecule has 3 nitrogen and oxygen atoms in total. The third kappa shape index (κ3) is 4.96. The van der Waals surface area contributed by atoms with Crippen molar-refractivity contribution in [1.82, 2.24) is 5.32 Å². The van der Waals surface area contributed by atoms with Crippen LogP contribution in [0.15, 0.2) is 18.2 Å². The van der Waals surface area contributed by atoms with Crippen LogP contribution in [0.2, 0.25) is 5.02 Å². The van der Waals surface area contributed by atoms with Gasteiger partial charge in [0.1, 0.15) is 5.75 Å². The third-order valence-corrected chi connectivity index (χ3v) is 2.87. The summed E-state index contributed by atoms with van der Waals surface area (Å²) < 4.78 is 5.21. The van der Waals surface area contributed by atoms with Gasteiger partial charge in [-0.25, -0.2) is 0 Å². The molecule has 100 valence electrons. The van der Waals surface area contributed by atoms with Crippen LogP contribution in [-0.4, -0.2) is 19.6 Å². The highest BCUT2D eigenvalue weighted by Gasteiger charge is 2.09. The van der Waals surface area contributed by atoms with Gasteiger partial charge in [0.05, 0.1) is 13.5 Å². The fraction of sp³-hybridized carbons (Fsp3) is 0.500. The summed E-state index contributed by atoms with van der Waals surface area (Å²) in [6.07, 6.45) is 1.28. The van der Waals surface area contributed by atoms with Crippen LogP contribution in [-0.2, 0) is 11.2 Å². The summed E-state index contributed by atoms with van der Waals surface area (Å²) in [6.45, 7) is 4.97. The van der Waals surface area contributed by atoms with E-state index in [4.69, 9.17) is 16.3 Å². The number of methoxy groups -OCH3 is 1. The summed E-state index contributed by atoms with van der Waals surface area (Å²) in [5.41, 5.74) is 0.812. The Morgan fingerprint density at radius 2 is 2.17 bits per heavy atom. The third-order valence-electron chi connectivity index (χ3n) is 2.64. The topological polar surface area (TPSA) is 38.3 Å². The number of halogens is 1. The maximum absolute atomic E-state index is 11.8. The average Bonchev–Trinajstić information content (AvgIpc) is 2.28. The van der Waals surface area contributed by atoms with Gasteiger partial charge < -0.3 is 10.1 Å². The molecule has 0 saturated carbocycles. The first-order chi connectivity index (χ1) is 8.52. The molecule has 0 fully saturated rings. The lowest BCUT2D eigenvalue weighted by molar-refractivity contribution is -0.120. The number of carbonyl (C=O) groups excluding carboxylic acids is 1. The van der Waals surface area contributed by atoms with E-state index in [0.29, 0.717) is 29.7 Å². The van der Waals surface area contributed by atoms with Crippen molar-refractivity contribution in [3.05, 3.63) is 28.8 Å². The van der Waals surface area contributed by atoms with Gasteiger partial charge in [0, 0.05) is 17.1 Å². The molecule has 0 spiro atoms. The van der Waals surface area contributed by atoms with E-state index in [-0.39, 0.29) is 5.91 Å². The van der Waals surface area contributed by atoms with Crippen LogP contribution < -0.4 is 10.1 Å². The molecule has 0 aliphatic carbocycles. The zero-order chi connectivity index (χ0) is 13.5. The standard InChI is InChI=1S/C14H20ClNO2/c1-10(2)6-7-16-14(17)9-11-8-12(15)4-5-13(11)18-3/h4-5,8,10H,6-7,9H2,1-3H3,(H,16,17). The smallest absolute Gasteiger partial charge is 0.224 e. The summed E-state index contributed by atoms with van der Waals surface area (Å²) in [7, 11) is 1.59. The van der Waals surface area contributed by atoms with Gasteiger partial charge in [0.2, 0.25) is 5.91 Å². The molecule has 0 aliphatic rings. The number of nitrogens with one attached hydrogen (secondary N) is 1. The van der Waals surface area contributed by atoms with Gasteiger partial charge in [0.25, 0.3) is 0 Å². The maximum atomic E-state index is 11.8. The Labute approximate surface area is 113 Å². The molecule has 0 bridgehead atoms. The van der Waals surface area contributed by atoms with Gasteiger partial charge >= 0.3 is 0 Å². The first-order valence-corrected chi connectivity index (χ1v) is 6.50. The minimum Gasteiger partial charge on any atom is -0.496 e. The van der Waals surface area contributed by atoms with Crippen molar-refractivity contribution in [2.75, 3.05) is 13.7 Å². The van der Waals surface area contributed by atoms with Crippen LogP contribution in [0.5, 0.6) is 5.75 Å². The molecule has 0 aromatic heterocycles. The summed E-state index contributed by atoms with van der Waals surface area (Å²) >= 11 is 5.92. The van der Waals surface area contributed by atoms with Crippen molar-refractivity contribution >= 4 is 17.5 Å². The van der Waals surface area contributed by atoms with Crippen LogP contribution in [0.4, 0.5) is 0 Å². The lowest BCUT2D eigenvalue weighted by Crippen LogP contribution is -2.27. The van der Waals surface area contributed by atoms with E-state index in [2.05, 4.69) is 19.2 Å². The van der Waals surface area contributed by atoms with Crippen LogP contribution >= 0.6 is 11.6 Å². The normalized spacial score (nSPS) is 10.5. The van der Waals surface area contributed by atoms with Crippen LogP contribution in [0, 0.1) is 5.92 Å². The van der Waals surface area contributed by atoms with E-state index in [9.17, 15) is 4.79 Å². The minimum atomic E-state index is -0.00350.